The molecule has 1 aromatic carbocycles. The number of aliphatic hydroxyl groups excluding tert-OH is 1. The van der Waals surface area contributed by atoms with Crippen LogP contribution >= 0.6 is 0 Å². The number of rotatable bonds is 4. The van der Waals surface area contributed by atoms with Gasteiger partial charge in [-0.25, -0.2) is 4.79 Å². The van der Waals surface area contributed by atoms with Crippen molar-refractivity contribution in [2.75, 3.05) is 0 Å². The highest BCUT2D eigenvalue weighted by Crippen LogP contribution is 2.63. The molecule has 0 bridgehead atoms. The molecule has 0 amide bonds. The molecule has 0 saturated heterocycles. The van der Waals surface area contributed by atoms with E-state index in [0.717, 1.165) is 44.9 Å². The third-order valence-electron chi connectivity index (χ3n) is 9.63. The smallest absolute Gasteiger partial charge is 0.338 e. The van der Waals surface area contributed by atoms with Crippen molar-refractivity contribution < 1.29 is 19.6 Å². The van der Waals surface area contributed by atoms with Gasteiger partial charge in [-0.05, 0) is 98.2 Å². The average Bonchev–Trinajstić information content (AvgIpc) is 3.12. The molecule has 6 nitrogen and oxygen atoms in total. The zero-order valence-corrected chi connectivity index (χ0v) is 19.6. The quantitative estimate of drug-likeness (QED) is 0.274. The number of nitro groups is 1. The number of ether oxygens (including phenoxy) is 1. The third-order valence-corrected chi connectivity index (χ3v) is 9.63. The summed E-state index contributed by atoms with van der Waals surface area (Å²) < 4.78 is 5.81. The third kappa shape index (κ3) is 3.80. The number of hydrogen-bond acceptors (Lipinski definition) is 5. The molecule has 3 fully saturated rings. The van der Waals surface area contributed by atoms with E-state index in [-0.39, 0.29) is 23.3 Å². The molecule has 1 aromatic rings. The molecule has 0 aromatic heterocycles. The molecular formula is C27H35NO5. The summed E-state index contributed by atoms with van der Waals surface area (Å²) in [5.41, 5.74) is 1.88. The van der Waals surface area contributed by atoms with Crippen LogP contribution < -0.4 is 0 Å². The number of benzene rings is 1. The summed E-state index contributed by atoms with van der Waals surface area (Å²) in [5, 5.41) is 21.6. The van der Waals surface area contributed by atoms with E-state index in [1.54, 1.807) is 0 Å². The summed E-state index contributed by atoms with van der Waals surface area (Å²) in [6.45, 7) is 4.63. The number of esters is 1. The van der Waals surface area contributed by atoms with Gasteiger partial charge in [0.15, 0.2) is 0 Å². The van der Waals surface area contributed by atoms with Crippen LogP contribution in [0.3, 0.4) is 0 Å². The van der Waals surface area contributed by atoms with Crippen LogP contribution in [0.25, 0.3) is 0 Å². The lowest BCUT2D eigenvalue weighted by Gasteiger charge is -2.56. The van der Waals surface area contributed by atoms with Crippen LogP contribution in [-0.4, -0.2) is 28.2 Å². The van der Waals surface area contributed by atoms with Crippen molar-refractivity contribution in [2.45, 2.75) is 77.4 Å². The maximum absolute atomic E-state index is 12.6. The van der Waals surface area contributed by atoms with Gasteiger partial charge in [-0.1, -0.05) is 25.8 Å². The first-order valence-electron chi connectivity index (χ1n) is 12.7. The highest BCUT2D eigenvalue weighted by Gasteiger charge is 2.58. The van der Waals surface area contributed by atoms with Crippen LogP contribution in [0.5, 0.6) is 0 Å². The Kier molecular flexibility index (Phi) is 5.84. The lowest BCUT2D eigenvalue weighted by Crippen LogP contribution is -2.50. The van der Waals surface area contributed by atoms with Gasteiger partial charge < -0.3 is 9.84 Å². The minimum Gasteiger partial charge on any atom is -0.455 e. The van der Waals surface area contributed by atoms with Crippen molar-refractivity contribution in [3.63, 3.8) is 0 Å². The molecule has 0 spiro atoms. The average molecular weight is 454 g/mol. The monoisotopic (exact) mass is 453 g/mol. The van der Waals surface area contributed by atoms with Crippen molar-refractivity contribution in [2.24, 2.45) is 35.0 Å². The van der Waals surface area contributed by atoms with E-state index in [1.807, 2.05) is 0 Å². The molecule has 5 rings (SSSR count). The molecule has 0 aliphatic heterocycles. The number of carbonyl (C=O) groups excluding carboxylic acids is 1. The standard InChI is InChI=1S/C27H35NO5/c1-3-16-14-18-15-20(33-26(30)17-4-6-19(7-5-17)28(31)32)8-9-21(18)22-12-13-27(2)23(25(16)22)10-11-24(27)29/h4-7,15-16,20-25,29H,3,8-14H2,1-2H3/t16-,20-,21+,22-,23+,24+,25-,27+/m1/s1. The van der Waals surface area contributed by atoms with Crippen LogP contribution in [0, 0.1) is 45.1 Å². The Morgan fingerprint density at radius 1 is 1.18 bits per heavy atom. The molecule has 0 unspecified atom stereocenters. The first kappa shape index (κ1) is 22.6. The second kappa shape index (κ2) is 8.53. The fraction of sp³-hybridized carbons (Fsp3) is 0.667. The summed E-state index contributed by atoms with van der Waals surface area (Å²) in [5.74, 6) is 2.82. The molecule has 8 atom stereocenters. The molecule has 0 radical (unpaired) electrons. The number of aliphatic hydroxyl groups is 1. The van der Waals surface area contributed by atoms with E-state index in [9.17, 15) is 20.0 Å². The lowest BCUT2D eigenvalue weighted by molar-refractivity contribution is -0.384. The van der Waals surface area contributed by atoms with Crippen LogP contribution in [0.1, 0.15) is 75.6 Å². The zero-order chi connectivity index (χ0) is 23.3. The minimum absolute atomic E-state index is 0.0325. The number of nitrogens with zero attached hydrogens (tertiary/aromatic N) is 1. The van der Waals surface area contributed by atoms with E-state index in [2.05, 4.69) is 19.9 Å². The summed E-state index contributed by atoms with van der Waals surface area (Å²) in [6, 6.07) is 5.62. The van der Waals surface area contributed by atoms with Crippen molar-refractivity contribution >= 4 is 11.7 Å². The van der Waals surface area contributed by atoms with Gasteiger partial charge in [0.1, 0.15) is 6.10 Å². The molecule has 4 aliphatic carbocycles. The Balaban J connectivity index is 1.32. The van der Waals surface area contributed by atoms with Gasteiger partial charge in [0.25, 0.3) is 5.69 Å². The van der Waals surface area contributed by atoms with Crippen molar-refractivity contribution in [3.8, 4) is 0 Å². The van der Waals surface area contributed by atoms with Crippen molar-refractivity contribution in [3.05, 3.63) is 51.6 Å². The van der Waals surface area contributed by atoms with Gasteiger partial charge in [0, 0.05) is 12.1 Å². The number of fused-ring (bicyclic) bond motifs is 5. The van der Waals surface area contributed by atoms with Gasteiger partial charge in [-0.2, -0.15) is 0 Å². The molecule has 1 N–H and O–H groups in total. The normalized spacial score (nSPS) is 39.6. The molecule has 3 saturated carbocycles. The van der Waals surface area contributed by atoms with E-state index >= 15 is 0 Å². The van der Waals surface area contributed by atoms with Crippen LogP contribution in [0.4, 0.5) is 5.69 Å². The Morgan fingerprint density at radius 2 is 1.94 bits per heavy atom. The summed E-state index contributed by atoms with van der Waals surface area (Å²) >= 11 is 0. The summed E-state index contributed by atoms with van der Waals surface area (Å²) in [6.07, 6.45) is 10.4. The number of nitro benzene ring substituents is 1. The topological polar surface area (TPSA) is 89.7 Å². The Labute approximate surface area is 195 Å². The molecule has 178 valence electrons. The number of carbonyl (C=O) groups is 1. The van der Waals surface area contributed by atoms with Gasteiger partial charge >= 0.3 is 5.97 Å². The molecule has 0 heterocycles. The number of hydrogen-bond donors (Lipinski definition) is 1. The molecule has 4 aliphatic rings. The van der Waals surface area contributed by atoms with E-state index in [4.69, 9.17) is 4.74 Å². The fourth-order valence-corrected chi connectivity index (χ4v) is 7.90. The Morgan fingerprint density at radius 3 is 2.64 bits per heavy atom. The SMILES string of the molecule is CC[C@@H]1CC2=C[C@H](OC(=O)c3ccc([N+](=O)[O-])cc3)CC[C@@H]2[C@H]2CC[C@]3(C)[C@@H](O)CC[C@H]3[C@H]12. The summed E-state index contributed by atoms with van der Waals surface area (Å²) in [7, 11) is 0. The lowest BCUT2D eigenvalue weighted by atomic mass is 9.49. The summed E-state index contributed by atoms with van der Waals surface area (Å²) in [4.78, 5) is 23.0. The first-order valence-corrected chi connectivity index (χ1v) is 12.7. The second-order valence-electron chi connectivity index (χ2n) is 11.0. The zero-order valence-electron chi connectivity index (χ0n) is 19.6. The van der Waals surface area contributed by atoms with Gasteiger partial charge in [-0.15, -0.1) is 0 Å². The van der Waals surface area contributed by atoms with Crippen LogP contribution in [0.15, 0.2) is 35.9 Å². The van der Waals surface area contributed by atoms with E-state index in [1.165, 1.54) is 36.3 Å². The predicted molar refractivity (Wildman–Crippen MR) is 125 cm³/mol. The Hall–Kier alpha value is -2.21. The van der Waals surface area contributed by atoms with Crippen molar-refractivity contribution in [1.29, 1.82) is 0 Å². The maximum Gasteiger partial charge on any atom is 0.338 e. The minimum atomic E-state index is -0.471. The highest BCUT2D eigenvalue weighted by molar-refractivity contribution is 5.89. The van der Waals surface area contributed by atoms with Gasteiger partial charge in [-0.3, -0.25) is 10.1 Å². The maximum atomic E-state index is 12.6. The first-order chi connectivity index (χ1) is 15.8. The number of non-ortho nitro benzene ring substituents is 1. The van der Waals surface area contributed by atoms with Crippen molar-refractivity contribution in [1.82, 2.24) is 0 Å². The van der Waals surface area contributed by atoms with Crippen LogP contribution in [0.2, 0.25) is 0 Å². The highest BCUT2D eigenvalue weighted by atomic mass is 16.6. The van der Waals surface area contributed by atoms with Crippen LogP contribution in [-0.2, 0) is 4.74 Å². The molecule has 6 heteroatoms. The van der Waals surface area contributed by atoms with E-state index < -0.39 is 10.9 Å². The second-order valence-corrected chi connectivity index (χ2v) is 11.0. The fourth-order valence-electron chi connectivity index (χ4n) is 7.90. The largest absolute Gasteiger partial charge is 0.455 e. The predicted octanol–water partition coefficient (Wildman–Crippen LogP) is 5.69. The van der Waals surface area contributed by atoms with Gasteiger partial charge in [0.2, 0.25) is 0 Å². The molecular weight excluding hydrogens is 418 g/mol. The Bertz CT molecular complexity index is 956. The number of allylic oxidation sites excluding steroid dienone is 1. The van der Waals surface area contributed by atoms with E-state index in [0.29, 0.717) is 35.2 Å². The molecule has 33 heavy (non-hydrogen) atoms. The van der Waals surface area contributed by atoms with Gasteiger partial charge in [0.05, 0.1) is 16.6 Å².